The summed E-state index contributed by atoms with van der Waals surface area (Å²) in [6, 6.07) is 0. The largest absolute Gasteiger partial charge is 0.390 e. The van der Waals surface area contributed by atoms with Crippen molar-refractivity contribution in [2.45, 2.75) is 25.0 Å². The number of rotatable bonds is 5. The van der Waals surface area contributed by atoms with E-state index >= 15 is 0 Å². The summed E-state index contributed by atoms with van der Waals surface area (Å²) in [6.07, 6.45) is -3.47. The van der Waals surface area contributed by atoms with Gasteiger partial charge in [-0.05, 0) is 0 Å². The Balaban J connectivity index is 4.54. The first kappa shape index (κ1) is 13.7. The van der Waals surface area contributed by atoms with Crippen molar-refractivity contribution in [1.82, 2.24) is 0 Å². The molecule has 14 heavy (non-hydrogen) atoms. The molecule has 8 heteroatoms. The molecule has 4 atom stereocenters. The normalized spacial score (nSPS) is 21.0. The summed E-state index contributed by atoms with van der Waals surface area (Å²) in [5.74, 6) is -3.41. The molecule has 0 fully saturated rings. The summed E-state index contributed by atoms with van der Waals surface area (Å²) >= 11 is 0. The molecule has 0 rings (SSSR count). The molecule has 0 heterocycles. The third kappa shape index (κ3) is 3.45. The maximum absolute atomic E-state index is 10.5. The molecule has 0 aromatic rings. The van der Waals surface area contributed by atoms with E-state index in [4.69, 9.17) is 25.1 Å². The Morgan fingerprint density at radius 1 is 1.14 bits per heavy atom. The van der Waals surface area contributed by atoms with Gasteiger partial charge in [0, 0.05) is 5.92 Å². The van der Waals surface area contributed by atoms with E-state index in [-0.39, 0.29) is 0 Å². The minimum atomic E-state index is -4.89. The quantitative estimate of drug-likeness (QED) is 0.272. The highest BCUT2D eigenvalue weighted by molar-refractivity contribution is 7.52. The van der Waals surface area contributed by atoms with Crippen LogP contribution in [0.1, 0.15) is 6.92 Å². The van der Waals surface area contributed by atoms with Crippen molar-refractivity contribution in [1.29, 1.82) is 0 Å². The summed E-state index contributed by atoms with van der Waals surface area (Å²) in [7, 11) is -4.89. The van der Waals surface area contributed by atoms with Gasteiger partial charge in [-0.1, -0.05) is 6.92 Å². The topological polar surface area (TPSA) is 135 Å². The molecule has 84 valence electrons. The molecule has 0 aromatic carbocycles. The molecule has 0 aliphatic carbocycles. The molecule has 0 amide bonds. The Bertz CT molecular complexity index is 236. The lowest BCUT2D eigenvalue weighted by molar-refractivity contribution is -0.119. The van der Waals surface area contributed by atoms with Crippen LogP contribution in [0.25, 0.3) is 0 Å². The van der Waals surface area contributed by atoms with E-state index in [0.717, 1.165) is 0 Å². The van der Waals surface area contributed by atoms with E-state index in [0.29, 0.717) is 6.29 Å². The van der Waals surface area contributed by atoms with E-state index in [1.165, 1.54) is 6.92 Å². The van der Waals surface area contributed by atoms with Gasteiger partial charge in [0.05, 0.1) is 6.10 Å². The second-order valence-corrected chi connectivity index (χ2v) is 4.69. The monoisotopic (exact) mass is 228 g/mol. The summed E-state index contributed by atoms with van der Waals surface area (Å²) in [4.78, 5) is 27.1. The van der Waals surface area contributed by atoms with Crippen LogP contribution in [-0.4, -0.2) is 49.4 Å². The highest BCUT2D eigenvalue weighted by atomic mass is 31.2. The number of hydrogen-bond donors (Lipinski definition) is 5. The standard InChI is InChI=1S/C6H13O7P/c1-3(2-7)4(8)5(9)6(10)14(11,12)13/h2-6,8-10H,1H3,(H2,11,12,13). The van der Waals surface area contributed by atoms with Crippen LogP contribution in [0.4, 0.5) is 0 Å². The van der Waals surface area contributed by atoms with Crippen molar-refractivity contribution in [3.05, 3.63) is 0 Å². The van der Waals surface area contributed by atoms with E-state index < -0.39 is 31.6 Å². The molecule has 7 nitrogen and oxygen atoms in total. The predicted molar refractivity (Wildman–Crippen MR) is 45.3 cm³/mol. The third-order valence-electron chi connectivity index (χ3n) is 1.75. The number of carbonyl (C=O) groups excluding carboxylic acids is 1. The van der Waals surface area contributed by atoms with E-state index in [1.807, 2.05) is 0 Å². The van der Waals surface area contributed by atoms with Crippen molar-refractivity contribution >= 4 is 13.9 Å². The summed E-state index contributed by atoms with van der Waals surface area (Å²) in [5.41, 5.74) is 0. The van der Waals surface area contributed by atoms with Gasteiger partial charge in [-0.25, -0.2) is 0 Å². The average Bonchev–Trinajstić information content (AvgIpc) is 2.11. The van der Waals surface area contributed by atoms with Gasteiger partial charge in [-0.3, -0.25) is 4.57 Å². The first-order chi connectivity index (χ1) is 6.21. The summed E-state index contributed by atoms with van der Waals surface area (Å²) < 4.78 is 10.5. The van der Waals surface area contributed by atoms with Gasteiger partial charge in [0.1, 0.15) is 12.4 Å². The third-order valence-corrected chi connectivity index (χ3v) is 2.75. The van der Waals surface area contributed by atoms with Crippen LogP contribution in [0.5, 0.6) is 0 Å². The van der Waals surface area contributed by atoms with Crippen molar-refractivity contribution in [2.75, 3.05) is 0 Å². The van der Waals surface area contributed by atoms with E-state index in [9.17, 15) is 9.36 Å². The number of aliphatic hydroxyl groups is 3. The molecule has 0 bridgehead atoms. The zero-order valence-corrected chi connectivity index (χ0v) is 8.28. The molecule has 0 spiro atoms. The molecule has 4 unspecified atom stereocenters. The Morgan fingerprint density at radius 3 is 1.86 bits per heavy atom. The van der Waals surface area contributed by atoms with Crippen molar-refractivity contribution in [3.63, 3.8) is 0 Å². The first-order valence-corrected chi connectivity index (χ1v) is 5.44. The number of aliphatic hydroxyl groups excluding tert-OH is 3. The molecule has 5 N–H and O–H groups in total. The predicted octanol–water partition coefficient (Wildman–Crippen LogP) is -1.96. The fourth-order valence-corrected chi connectivity index (χ4v) is 1.34. The Hall–Kier alpha value is -0.300. The summed E-state index contributed by atoms with van der Waals surface area (Å²) in [5, 5.41) is 27.1. The maximum Gasteiger partial charge on any atom is 0.356 e. The van der Waals surface area contributed by atoms with E-state index in [2.05, 4.69) is 0 Å². The molecule has 0 aliphatic heterocycles. The molecule has 0 saturated heterocycles. The van der Waals surface area contributed by atoms with Gasteiger partial charge in [0.15, 0.2) is 5.85 Å². The lowest BCUT2D eigenvalue weighted by Crippen LogP contribution is -2.41. The molecule has 0 saturated carbocycles. The molecular weight excluding hydrogens is 215 g/mol. The Kier molecular flexibility index (Phi) is 4.87. The van der Waals surface area contributed by atoms with Crippen molar-refractivity contribution in [2.24, 2.45) is 5.92 Å². The van der Waals surface area contributed by atoms with Gasteiger partial charge < -0.3 is 29.9 Å². The fourth-order valence-electron chi connectivity index (χ4n) is 0.767. The number of hydrogen-bond acceptors (Lipinski definition) is 5. The molecule has 0 radical (unpaired) electrons. The minimum Gasteiger partial charge on any atom is -0.390 e. The van der Waals surface area contributed by atoms with Crippen LogP contribution in [0.3, 0.4) is 0 Å². The molecular formula is C6H13O7P. The minimum absolute atomic E-state index is 0.306. The van der Waals surface area contributed by atoms with Gasteiger partial charge >= 0.3 is 7.60 Å². The lowest BCUT2D eigenvalue weighted by atomic mass is 10.0. The van der Waals surface area contributed by atoms with Crippen molar-refractivity contribution in [3.8, 4) is 0 Å². The number of carbonyl (C=O) groups is 1. The summed E-state index contributed by atoms with van der Waals surface area (Å²) in [6.45, 7) is 1.24. The first-order valence-electron chi connectivity index (χ1n) is 3.76. The van der Waals surface area contributed by atoms with Crippen LogP contribution >= 0.6 is 7.60 Å². The van der Waals surface area contributed by atoms with Gasteiger partial charge in [-0.2, -0.15) is 0 Å². The van der Waals surface area contributed by atoms with Crippen molar-refractivity contribution < 1.29 is 34.5 Å². The van der Waals surface area contributed by atoms with Crippen LogP contribution in [-0.2, 0) is 9.36 Å². The SMILES string of the molecule is CC(C=O)C(O)C(O)C(O)P(=O)(O)O. The Morgan fingerprint density at radius 2 is 1.57 bits per heavy atom. The highest BCUT2D eigenvalue weighted by Gasteiger charge is 2.39. The lowest BCUT2D eigenvalue weighted by Gasteiger charge is -2.24. The van der Waals surface area contributed by atoms with Gasteiger partial charge in [-0.15, -0.1) is 0 Å². The number of aldehydes is 1. The fraction of sp³-hybridized carbons (Fsp3) is 0.833. The second-order valence-electron chi connectivity index (χ2n) is 2.98. The van der Waals surface area contributed by atoms with Crippen LogP contribution in [0.2, 0.25) is 0 Å². The van der Waals surface area contributed by atoms with Crippen LogP contribution in [0, 0.1) is 5.92 Å². The molecule has 0 aromatic heterocycles. The van der Waals surface area contributed by atoms with E-state index in [1.54, 1.807) is 0 Å². The van der Waals surface area contributed by atoms with Crippen LogP contribution < -0.4 is 0 Å². The highest BCUT2D eigenvalue weighted by Crippen LogP contribution is 2.42. The maximum atomic E-state index is 10.5. The molecule has 0 aliphatic rings. The Labute approximate surface area is 80.2 Å². The zero-order chi connectivity index (χ0) is 11.5. The smallest absolute Gasteiger partial charge is 0.356 e. The average molecular weight is 228 g/mol. The zero-order valence-electron chi connectivity index (χ0n) is 7.39. The second kappa shape index (κ2) is 4.97. The van der Waals surface area contributed by atoms with Crippen LogP contribution in [0.15, 0.2) is 0 Å². The van der Waals surface area contributed by atoms with Gasteiger partial charge in [0.25, 0.3) is 0 Å². The van der Waals surface area contributed by atoms with Gasteiger partial charge in [0.2, 0.25) is 0 Å².